The fourth-order valence-electron chi connectivity index (χ4n) is 1.69. The van der Waals surface area contributed by atoms with Gasteiger partial charge in [0.15, 0.2) is 0 Å². The molecule has 0 aliphatic carbocycles. The van der Waals surface area contributed by atoms with Gasteiger partial charge in [-0.1, -0.05) is 13.8 Å². The predicted octanol–water partition coefficient (Wildman–Crippen LogP) is 1.60. The fraction of sp³-hybridized carbons (Fsp3) is 0.455. The molecule has 1 aromatic rings. The largest absolute Gasteiger partial charge is 0.393 e. The molecule has 0 amide bonds. The van der Waals surface area contributed by atoms with E-state index >= 15 is 0 Å². The van der Waals surface area contributed by atoms with Gasteiger partial charge in [-0.05, 0) is 18.6 Å². The van der Waals surface area contributed by atoms with Crippen LogP contribution in [0.5, 0.6) is 0 Å². The van der Waals surface area contributed by atoms with E-state index in [2.05, 4.69) is 0 Å². The molecule has 2 N–H and O–H groups in total. The van der Waals surface area contributed by atoms with Crippen molar-refractivity contribution in [3.8, 4) is 0 Å². The van der Waals surface area contributed by atoms with Gasteiger partial charge in [0.05, 0.1) is 9.82 Å². The summed E-state index contributed by atoms with van der Waals surface area (Å²) >= 11 is 0. The maximum absolute atomic E-state index is 12.3. The summed E-state index contributed by atoms with van der Waals surface area (Å²) in [5.41, 5.74) is 5.00. The van der Waals surface area contributed by atoms with Crippen molar-refractivity contribution in [1.29, 1.82) is 0 Å². The Morgan fingerprint density at radius 1 is 1.37 bits per heavy atom. The van der Waals surface area contributed by atoms with Gasteiger partial charge in [0.2, 0.25) is 10.0 Å². The minimum Gasteiger partial charge on any atom is -0.393 e. The third-order valence-corrected chi connectivity index (χ3v) is 4.63. The molecule has 0 aliphatic rings. The fourth-order valence-corrected chi connectivity index (χ4v) is 3.25. The summed E-state index contributed by atoms with van der Waals surface area (Å²) in [7, 11) is -3.71. The highest BCUT2D eigenvalue weighted by Crippen LogP contribution is 2.26. The standard InChI is InChI=1S/C11H17N3O4S/c1-3-7-13(4-2)19(17,18)9-5-6-10(12)11(8-9)14(15)16/h5-6,8H,3-4,7,12H2,1-2H3. The Morgan fingerprint density at radius 2 is 2.00 bits per heavy atom. The maximum atomic E-state index is 12.3. The number of benzene rings is 1. The van der Waals surface area contributed by atoms with Gasteiger partial charge in [-0.15, -0.1) is 0 Å². The maximum Gasteiger partial charge on any atom is 0.293 e. The predicted molar refractivity (Wildman–Crippen MR) is 72.2 cm³/mol. The van der Waals surface area contributed by atoms with E-state index in [-0.39, 0.29) is 10.6 Å². The Balaban J connectivity index is 3.29. The quantitative estimate of drug-likeness (QED) is 0.486. The first-order valence-corrected chi connectivity index (χ1v) is 7.32. The van der Waals surface area contributed by atoms with Crippen LogP contribution in [0.3, 0.4) is 0 Å². The molecular formula is C11H17N3O4S. The molecule has 0 heterocycles. The number of nitrogens with two attached hydrogens (primary N) is 1. The molecule has 19 heavy (non-hydrogen) atoms. The minimum absolute atomic E-state index is 0.0533. The Kier molecular flexibility index (Phi) is 4.84. The second-order valence-electron chi connectivity index (χ2n) is 3.97. The summed E-state index contributed by atoms with van der Waals surface area (Å²) in [5, 5.41) is 10.8. The number of nitrogens with zero attached hydrogens (tertiary/aromatic N) is 2. The zero-order valence-electron chi connectivity index (χ0n) is 10.9. The average molecular weight is 287 g/mol. The summed E-state index contributed by atoms with van der Waals surface area (Å²) in [6.45, 7) is 4.27. The van der Waals surface area contributed by atoms with Crippen molar-refractivity contribution in [2.24, 2.45) is 0 Å². The first kappa shape index (κ1) is 15.4. The normalized spacial score (nSPS) is 11.7. The molecule has 0 saturated carbocycles. The molecule has 0 aliphatic heterocycles. The van der Waals surface area contributed by atoms with Crippen LogP contribution in [-0.2, 0) is 10.0 Å². The minimum atomic E-state index is -3.71. The Bertz CT molecular complexity index is 571. The van der Waals surface area contributed by atoms with Gasteiger partial charge in [0.25, 0.3) is 5.69 Å². The molecule has 1 rings (SSSR count). The van der Waals surface area contributed by atoms with E-state index in [0.29, 0.717) is 19.5 Å². The number of hydrogen-bond acceptors (Lipinski definition) is 5. The van der Waals surface area contributed by atoms with Gasteiger partial charge in [0.1, 0.15) is 5.69 Å². The van der Waals surface area contributed by atoms with E-state index in [0.717, 1.165) is 6.07 Å². The van der Waals surface area contributed by atoms with Crippen molar-refractivity contribution < 1.29 is 13.3 Å². The molecule has 0 radical (unpaired) electrons. The second kappa shape index (κ2) is 5.98. The third kappa shape index (κ3) is 3.21. The van der Waals surface area contributed by atoms with Crippen molar-refractivity contribution in [2.45, 2.75) is 25.2 Å². The highest BCUT2D eigenvalue weighted by molar-refractivity contribution is 7.89. The molecule has 7 nitrogen and oxygen atoms in total. The van der Waals surface area contributed by atoms with E-state index in [1.165, 1.54) is 16.4 Å². The molecule has 0 saturated heterocycles. The summed E-state index contributed by atoms with van der Waals surface area (Å²) in [6, 6.07) is 3.53. The van der Waals surface area contributed by atoms with E-state index in [4.69, 9.17) is 5.73 Å². The summed E-state index contributed by atoms with van der Waals surface area (Å²) in [4.78, 5) is 9.99. The smallest absolute Gasteiger partial charge is 0.293 e. The Labute approximate surface area is 112 Å². The zero-order valence-corrected chi connectivity index (χ0v) is 11.7. The lowest BCUT2D eigenvalue weighted by atomic mass is 10.3. The van der Waals surface area contributed by atoms with Crippen LogP contribution in [0, 0.1) is 10.1 Å². The lowest BCUT2D eigenvalue weighted by Gasteiger charge is -2.19. The number of nitrogen functional groups attached to an aromatic ring is 1. The number of rotatable bonds is 6. The van der Waals surface area contributed by atoms with Crippen LogP contribution in [0.4, 0.5) is 11.4 Å². The molecule has 0 atom stereocenters. The second-order valence-corrected chi connectivity index (χ2v) is 5.91. The number of sulfonamides is 1. The molecule has 1 aromatic carbocycles. The van der Waals surface area contributed by atoms with Gasteiger partial charge in [-0.2, -0.15) is 4.31 Å². The van der Waals surface area contributed by atoms with Crippen LogP contribution in [0.2, 0.25) is 0 Å². The topological polar surface area (TPSA) is 107 Å². The lowest BCUT2D eigenvalue weighted by Crippen LogP contribution is -2.31. The zero-order chi connectivity index (χ0) is 14.6. The lowest BCUT2D eigenvalue weighted by molar-refractivity contribution is -0.384. The summed E-state index contributed by atoms with van der Waals surface area (Å²) in [5.74, 6) is 0. The van der Waals surface area contributed by atoms with Crippen molar-refractivity contribution in [2.75, 3.05) is 18.8 Å². The van der Waals surface area contributed by atoms with Gasteiger partial charge in [0, 0.05) is 19.2 Å². The van der Waals surface area contributed by atoms with Crippen LogP contribution in [-0.4, -0.2) is 30.7 Å². The van der Waals surface area contributed by atoms with Crippen LogP contribution < -0.4 is 5.73 Å². The molecular weight excluding hydrogens is 270 g/mol. The van der Waals surface area contributed by atoms with Crippen molar-refractivity contribution >= 4 is 21.4 Å². The van der Waals surface area contributed by atoms with Crippen LogP contribution in [0.25, 0.3) is 0 Å². The molecule has 0 aromatic heterocycles. The van der Waals surface area contributed by atoms with E-state index in [9.17, 15) is 18.5 Å². The average Bonchev–Trinajstić information content (AvgIpc) is 2.35. The van der Waals surface area contributed by atoms with Gasteiger partial charge >= 0.3 is 0 Å². The van der Waals surface area contributed by atoms with Crippen LogP contribution in [0.15, 0.2) is 23.1 Å². The van der Waals surface area contributed by atoms with Crippen LogP contribution in [0.1, 0.15) is 20.3 Å². The highest BCUT2D eigenvalue weighted by Gasteiger charge is 2.25. The van der Waals surface area contributed by atoms with Gasteiger partial charge in [-0.3, -0.25) is 10.1 Å². The van der Waals surface area contributed by atoms with E-state index in [1.54, 1.807) is 6.92 Å². The Morgan fingerprint density at radius 3 is 2.47 bits per heavy atom. The first-order chi connectivity index (χ1) is 8.84. The number of anilines is 1. The molecule has 0 fully saturated rings. The summed E-state index contributed by atoms with van der Waals surface area (Å²) < 4.78 is 25.9. The number of nitro groups is 1. The third-order valence-electron chi connectivity index (χ3n) is 2.66. The molecule has 0 spiro atoms. The number of hydrogen-bond donors (Lipinski definition) is 1. The molecule has 8 heteroatoms. The first-order valence-electron chi connectivity index (χ1n) is 5.88. The van der Waals surface area contributed by atoms with Crippen molar-refractivity contribution in [3.05, 3.63) is 28.3 Å². The SMILES string of the molecule is CCCN(CC)S(=O)(=O)c1ccc(N)c([N+](=O)[O-])c1. The van der Waals surface area contributed by atoms with Crippen LogP contribution >= 0.6 is 0 Å². The summed E-state index contributed by atoms with van der Waals surface area (Å²) in [6.07, 6.45) is 0.671. The van der Waals surface area contributed by atoms with Gasteiger partial charge < -0.3 is 5.73 Å². The molecule has 106 valence electrons. The Hall–Kier alpha value is -1.67. The van der Waals surface area contributed by atoms with Crippen molar-refractivity contribution in [3.63, 3.8) is 0 Å². The van der Waals surface area contributed by atoms with Crippen molar-refractivity contribution in [1.82, 2.24) is 4.31 Å². The molecule has 0 unspecified atom stereocenters. The monoisotopic (exact) mass is 287 g/mol. The number of nitro benzene ring substituents is 1. The molecule has 0 bridgehead atoms. The van der Waals surface area contributed by atoms with E-state index < -0.39 is 20.6 Å². The highest BCUT2D eigenvalue weighted by atomic mass is 32.2. The van der Waals surface area contributed by atoms with E-state index in [1.807, 2.05) is 6.92 Å². The van der Waals surface area contributed by atoms with Gasteiger partial charge in [-0.25, -0.2) is 8.42 Å².